The molecule has 1 aliphatic rings. The van der Waals surface area contributed by atoms with Crippen LogP contribution in [0.15, 0.2) is 0 Å². The van der Waals surface area contributed by atoms with Gasteiger partial charge in [-0.15, -0.1) is 0 Å². The molecule has 3 N–H and O–H groups in total. The number of halogens is 3. The molecular weight excluding hydrogens is 293 g/mol. The second-order valence-electron chi connectivity index (χ2n) is 5.21. The summed E-state index contributed by atoms with van der Waals surface area (Å²) in [4.78, 5) is 24.1. The van der Waals surface area contributed by atoms with Gasteiger partial charge in [0.25, 0.3) is 0 Å². The zero-order valence-corrected chi connectivity index (χ0v) is 11.6. The molecule has 1 aliphatic heterocycles. The predicted octanol–water partition coefficient (Wildman–Crippen LogP) is 1.34. The molecular formula is C12H19F3N2O4. The van der Waals surface area contributed by atoms with Gasteiger partial charge in [-0.25, -0.2) is 9.59 Å². The minimum absolute atomic E-state index is 0.0681. The van der Waals surface area contributed by atoms with Gasteiger partial charge in [-0.05, 0) is 32.6 Å². The summed E-state index contributed by atoms with van der Waals surface area (Å²) < 4.78 is 38.6. The Hall–Kier alpha value is -1.51. The van der Waals surface area contributed by atoms with Crippen molar-refractivity contribution in [1.29, 1.82) is 0 Å². The summed E-state index contributed by atoms with van der Waals surface area (Å²) in [5.41, 5.74) is -3.33. The lowest BCUT2D eigenvalue weighted by Gasteiger charge is -2.32. The number of carbonyl (C=O) groups excluding carboxylic acids is 1. The summed E-state index contributed by atoms with van der Waals surface area (Å²) in [5, 5.41) is 19.1. The zero-order valence-electron chi connectivity index (χ0n) is 11.6. The average molecular weight is 312 g/mol. The molecule has 6 nitrogen and oxygen atoms in total. The number of aliphatic hydroxyl groups is 1. The first kappa shape index (κ1) is 17.5. The van der Waals surface area contributed by atoms with Crippen LogP contribution in [0.5, 0.6) is 0 Å². The third-order valence-corrected chi connectivity index (χ3v) is 3.69. The van der Waals surface area contributed by atoms with Gasteiger partial charge in [0, 0.05) is 19.2 Å². The summed E-state index contributed by atoms with van der Waals surface area (Å²) in [7, 11) is 0. The molecule has 1 rings (SSSR count). The average Bonchev–Trinajstić information content (AvgIpc) is 2.82. The number of aliphatic hydroxyl groups excluding tert-OH is 1. The van der Waals surface area contributed by atoms with Gasteiger partial charge in [0.15, 0.2) is 0 Å². The van der Waals surface area contributed by atoms with E-state index in [9.17, 15) is 22.8 Å². The second kappa shape index (κ2) is 6.50. The lowest BCUT2D eigenvalue weighted by Crippen LogP contribution is -2.64. The third kappa shape index (κ3) is 3.78. The highest BCUT2D eigenvalue weighted by Gasteiger charge is 2.59. The van der Waals surface area contributed by atoms with Crippen LogP contribution >= 0.6 is 0 Å². The molecule has 0 spiro atoms. The summed E-state index contributed by atoms with van der Waals surface area (Å²) in [6, 6.07) is -1.32. The SMILES string of the molecule is CC(NC(=O)N1CCCC1CCCO)(C(=O)O)C(F)(F)F. The molecule has 1 heterocycles. The van der Waals surface area contributed by atoms with Crippen molar-refractivity contribution in [2.75, 3.05) is 13.2 Å². The quantitative estimate of drug-likeness (QED) is 0.714. The van der Waals surface area contributed by atoms with E-state index in [-0.39, 0.29) is 19.2 Å². The molecule has 0 bridgehead atoms. The van der Waals surface area contributed by atoms with Crippen molar-refractivity contribution in [3.05, 3.63) is 0 Å². The fraction of sp³-hybridized carbons (Fsp3) is 0.833. The van der Waals surface area contributed by atoms with Crippen molar-refractivity contribution in [1.82, 2.24) is 10.2 Å². The van der Waals surface area contributed by atoms with Crippen LogP contribution in [0.3, 0.4) is 0 Å². The van der Waals surface area contributed by atoms with Crippen molar-refractivity contribution >= 4 is 12.0 Å². The van der Waals surface area contributed by atoms with Crippen LogP contribution in [0.2, 0.25) is 0 Å². The molecule has 9 heteroatoms. The number of amides is 2. The first-order valence-electron chi connectivity index (χ1n) is 6.63. The van der Waals surface area contributed by atoms with Crippen LogP contribution in [0.1, 0.15) is 32.6 Å². The zero-order chi connectivity index (χ0) is 16.3. The molecule has 2 amide bonds. The number of nitrogens with one attached hydrogen (secondary N) is 1. The van der Waals surface area contributed by atoms with E-state index >= 15 is 0 Å². The molecule has 1 saturated heterocycles. The number of hydrogen-bond donors (Lipinski definition) is 3. The van der Waals surface area contributed by atoms with E-state index in [1.807, 2.05) is 0 Å². The van der Waals surface area contributed by atoms with Crippen LogP contribution in [0.25, 0.3) is 0 Å². The van der Waals surface area contributed by atoms with Crippen LogP contribution < -0.4 is 5.32 Å². The Morgan fingerprint density at radius 3 is 2.48 bits per heavy atom. The Bertz CT molecular complexity index is 402. The van der Waals surface area contributed by atoms with Gasteiger partial charge >= 0.3 is 18.2 Å². The fourth-order valence-electron chi connectivity index (χ4n) is 2.26. The van der Waals surface area contributed by atoms with E-state index in [1.54, 1.807) is 5.32 Å². The third-order valence-electron chi connectivity index (χ3n) is 3.69. The molecule has 0 aromatic carbocycles. The number of nitrogens with zero attached hydrogens (tertiary/aromatic N) is 1. The van der Waals surface area contributed by atoms with Crippen LogP contribution in [-0.4, -0.2) is 58.0 Å². The van der Waals surface area contributed by atoms with E-state index in [2.05, 4.69) is 0 Å². The molecule has 0 aromatic rings. The fourth-order valence-corrected chi connectivity index (χ4v) is 2.26. The number of carboxylic acids is 1. The first-order chi connectivity index (χ1) is 9.63. The van der Waals surface area contributed by atoms with Crippen LogP contribution in [0, 0.1) is 0 Å². The standard InChI is InChI=1S/C12H19F3N2O4/c1-11(9(19)20,12(13,14)15)16-10(21)17-6-2-4-8(17)5-3-7-18/h8,18H,2-7H2,1H3,(H,16,21)(H,19,20). The molecule has 2 unspecified atom stereocenters. The van der Waals surface area contributed by atoms with Crippen LogP contribution in [-0.2, 0) is 4.79 Å². The highest BCUT2D eigenvalue weighted by molar-refractivity contribution is 5.87. The van der Waals surface area contributed by atoms with Gasteiger partial charge < -0.3 is 20.4 Å². The van der Waals surface area contributed by atoms with Crippen molar-refractivity contribution < 1.29 is 33.0 Å². The minimum atomic E-state index is -5.10. The molecule has 0 aliphatic carbocycles. The maximum atomic E-state index is 12.9. The van der Waals surface area contributed by atoms with Crippen molar-refractivity contribution in [3.63, 3.8) is 0 Å². The maximum absolute atomic E-state index is 12.9. The summed E-state index contributed by atoms with van der Waals surface area (Å²) in [5.74, 6) is -2.16. The normalized spacial score (nSPS) is 22.0. The molecule has 2 atom stereocenters. The van der Waals surface area contributed by atoms with Crippen molar-refractivity contribution in [2.24, 2.45) is 0 Å². The number of carboxylic acid groups (broad SMARTS) is 1. The van der Waals surface area contributed by atoms with Crippen molar-refractivity contribution in [3.8, 4) is 0 Å². The van der Waals surface area contributed by atoms with Gasteiger partial charge in [0.2, 0.25) is 5.54 Å². The summed E-state index contributed by atoms with van der Waals surface area (Å²) in [6.07, 6.45) is -2.93. The van der Waals surface area contributed by atoms with E-state index < -0.39 is 23.7 Å². The van der Waals surface area contributed by atoms with E-state index in [0.29, 0.717) is 32.6 Å². The van der Waals surface area contributed by atoms with Gasteiger partial charge in [0.1, 0.15) is 0 Å². The molecule has 21 heavy (non-hydrogen) atoms. The topological polar surface area (TPSA) is 89.9 Å². The molecule has 0 saturated carbocycles. The second-order valence-corrected chi connectivity index (χ2v) is 5.21. The smallest absolute Gasteiger partial charge is 0.422 e. The molecule has 0 radical (unpaired) electrons. The number of hydrogen-bond acceptors (Lipinski definition) is 3. The number of rotatable bonds is 5. The Morgan fingerprint density at radius 2 is 2.00 bits per heavy atom. The Labute approximate surface area is 119 Å². The van der Waals surface area contributed by atoms with E-state index in [0.717, 1.165) is 0 Å². The molecule has 1 fully saturated rings. The van der Waals surface area contributed by atoms with E-state index in [4.69, 9.17) is 10.2 Å². The largest absolute Gasteiger partial charge is 0.479 e. The maximum Gasteiger partial charge on any atom is 0.422 e. The van der Waals surface area contributed by atoms with Gasteiger partial charge in [-0.1, -0.05) is 0 Å². The number of aliphatic carboxylic acids is 1. The minimum Gasteiger partial charge on any atom is -0.479 e. The number of alkyl halides is 3. The Balaban J connectivity index is 2.80. The highest BCUT2D eigenvalue weighted by Crippen LogP contribution is 2.31. The predicted molar refractivity (Wildman–Crippen MR) is 66.7 cm³/mol. The van der Waals surface area contributed by atoms with Crippen molar-refractivity contribution in [2.45, 2.75) is 50.4 Å². The van der Waals surface area contributed by atoms with Crippen LogP contribution in [0.4, 0.5) is 18.0 Å². The summed E-state index contributed by atoms with van der Waals surface area (Å²) >= 11 is 0. The van der Waals surface area contributed by atoms with Gasteiger partial charge in [-0.2, -0.15) is 13.2 Å². The van der Waals surface area contributed by atoms with Gasteiger partial charge in [-0.3, -0.25) is 0 Å². The number of urea groups is 1. The molecule has 122 valence electrons. The number of likely N-dealkylation sites (tertiary alicyclic amines) is 1. The number of carbonyl (C=O) groups is 2. The van der Waals surface area contributed by atoms with Gasteiger partial charge in [0.05, 0.1) is 0 Å². The Morgan fingerprint density at radius 1 is 1.38 bits per heavy atom. The molecule has 0 aromatic heterocycles. The Kier molecular flexibility index (Phi) is 5.43. The van der Waals surface area contributed by atoms with E-state index in [1.165, 1.54) is 4.90 Å². The lowest BCUT2D eigenvalue weighted by molar-refractivity contribution is -0.203. The monoisotopic (exact) mass is 312 g/mol. The summed E-state index contributed by atoms with van der Waals surface area (Å²) in [6.45, 7) is 0.628. The highest BCUT2D eigenvalue weighted by atomic mass is 19.4. The lowest BCUT2D eigenvalue weighted by atomic mass is 10.0. The first-order valence-corrected chi connectivity index (χ1v) is 6.63.